The van der Waals surface area contributed by atoms with Gasteiger partial charge in [0, 0.05) is 29.4 Å². The van der Waals surface area contributed by atoms with Gasteiger partial charge >= 0.3 is 0 Å². The second-order valence-corrected chi connectivity index (χ2v) is 5.43. The van der Waals surface area contributed by atoms with E-state index in [2.05, 4.69) is 54.2 Å². The molecule has 0 N–H and O–H groups in total. The van der Waals surface area contributed by atoms with Crippen molar-refractivity contribution in [1.29, 1.82) is 0 Å². The van der Waals surface area contributed by atoms with Gasteiger partial charge in [-0.25, -0.2) is 0 Å². The van der Waals surface area contributed by atoms with Crippen molar-refractivity contribution in [2.45, 2.75) is 12.4 Å². The molecule has 0 amide bonds. The fraction of sp³-hybridized carbons (Fsp3) is 0.286. The summed E-state index contributed by atoms with van der Waals surface area (Å²) in [4.78, 5) is 0. The molecule has 0 bridgehead atoms. The molecule has 1 aromatic heterocycles. The molecule has 3 rings (SSSR count). The third-order valence-electron chi connectivity index (χ3n) is 2.94. The Bertz CT molecular complexity index is 497. The fourth-order valence-corrected chi connectivity index (χ4v) is 2.91. The van der Waals surface area contributed by atoms with E-state index in [0.29, 0.717) is 0 Å². The first kappa shape index (κ1) is 10.9. The number of aryl methyl sites for hydroxylation is 1. The largest absolute Gasteiger partial charge is 0.362 e. The van der Waals surface area contributed by atoms with Gasteiger partial charge in [-0.05, 0) is 25.1 Å². The number of hydrogen-bond donors (Lipinski definition) is 0. The minimum absolute atomic E-state index is 0.224. The van der Waals surface area contributed by atoms with E-state index in [9.17, 15) is 0 Å². The van der Waals surface area contributed by atoms with Crippen molar-refractivity contribution >= 4 is 11.8 Å². The smallest absolute Gasteiger partial charge is 0.130 e. The van der Waals surface area contributed by atoms with E-state index in [1.807, 2.05) is 11.8 Å². The van der Waals surface area contributed by atoms with E-state index in [-0.39, 0.29) is 5.44 Å². The monoisotopic (exact) mass is 245 g/mol. The number of benzene rings is 1. The van der Waals surface area contributed by atoms with Crippen LogP contribution in [0.3, 0.4) is 0 Å². The van der Waals surface area contributed by atoms with Crippen molar-refractivity contribution < 1.29 is 4.74 Å². The van der Waals surface area contributed by atoms with Crippen molar-refractivity contribution in [3.8, 4) is 5.69 Å². The van der Waals surface area contributed by atoms with Crippen molar-refractivity contribution in [2.75, 3.05) is 12.4 Å². The molecule has 1 fully saturated rings. The molecule has 1 aromatic carbocycles. The third kappa shape index (κ3) is 2.26. The lowest BCUT2D eigenvalue weighted by molar-refractivity contribution is 0.145. The normalized spacial score (nSPS) is 19.7. The van der Waals surface area contributed by atoms with Crippen LogP contribution >= 0.6 is 11.8 Å². The van der Waals surface area contributed by atoms with E-state index in [1.165, 1.54) is 16.8 Å². The van der Waals surface area contributed by atoms with Crippen molar-refractivity contribution in [3.05, 3.63) is 53.9 Å². The van der Waals surface area contributed by atoms with Crippen LogP contribution < -0.4 is 0 Å². The van der Waals surface area contributed by atoms with Crippen LogP contribution in [0.2, 0.25) is 0 Å². The van der Waals surface area contributed by atoms with E-state index in [4.69, 9.17) is 4.74 Å². The molecule has 1 atom stereocenters. The number of rotatable bonds is 2. The summed E-state index contributed by atoms with van der Waals surface area (Å²) in [5.41, 5.74) is 3.97. The summed E-state index contributed by atoms with van der Waals surface area (Å²) in [6.45, 7) is 2.97. The average molecular weight is 245 g/mol. The van der Waals surface area contributed by atoms with Gasteiger partial charge in [-0.1, -0.05) is 17.7 Å². The number of thioether (sulfide) groups is 1. The maximum absolute atomic E-state index is 5.66. The second-order valence-electron chi connectivity index (χ2n) is 4.26. The number of hydrogen-bond acceptors (Lipinski definition) is 2. The first-order valence-corrected chi connectivity index (χ1v) is 6.86. The highest BCUT2D eigenvalue weighted by Gasteiger charge is 2.19. The van der Waals surface area contributed by atoms with Gasteiger partial charge in [-0.2, -0.15) is 0 Å². The van der Waals surface area contributed by atoms with E-state index < -0.39 is 0 Å². The molecule has 1 aliphatic rings. The number of aromatic nitrogens is 1. The quantitative estimate of drug-likeness (QED) is 0.803. The van der Waals surface area contributed by atoms with Crippen LogP contribution in [-0.4, -0.2) is 16.9 Å². The lowest BCUT2D eigenvalue weighted by Crippen LogP contribution is -1.92. The summed E-state index contributed by atoms with van der Waals surface area (Å²) < 4.78 is 7.81. The predicted octanol–water partition coefficient (Wildman–Crippen LogP) is 3.55. The van der Waals surface area contributed by atoms with Crippen molar-refractivity contribution in [3.63, 3.8) is 0 Å². The van der Waals surface area contributed by atoms with Gasteiger partial charge in [0.2, 0.25) is 0 Å². The molecule has 0 aliphatic carbocycles. The molecule has 2 nitrogen and oxygen atoms in total. The average Bonchev–Trinajstić information content (AvgIpc) is 3.00. The standard InChI is InChI=1S/C14H15NOS/c1-11-2-4-13(5-3-11)15-7-6-12(10-15)14-16-8-9-17-14/h2-7,10,14H,8-9H2,1H3/t14-/m1/s1. The Hall–Kier alpha value is -1.19. The molecular weight excluding hydrogens is 230 g/mol. The lowest BCUT2D eigenvalue weighted by atomic mass is 10.2. The fourth-order valence-electron chi connectivity index (χ4n) is 1.98. The Kier molecular flexibility index (Phi) is 2.95. The molecule has 1 aliphatic heterocycles. The SMILES string of the molecule is Cc1ccc(-n2ccc([C@@H]3OCCS3)c2)cc1. The van der Waals surface area contributed by atoms with Crippen molar-refractivity contribution in [2.24, 2.45) is 0 Å². The minimum atomic E-state index is 0.224. The van der Waals surface area contributed by atoms with E-state index >= 15 is 0 Å². The highest BCUT2D eigenvalue weighted by atomic mass is 32.2. The molecule has 3 heteroatoms. The maximum atomic E-state index is 5.66. The van der Waals surface area contributed by atoms with Gasteiger partial charge in [0.05, 0.1) is 6.61 Å². The Morgan fingerprint density at radius 3 is 2.76 bits per heavy atom. The number of ether oxygens (including phenoxy) is 1. The molecule has 0 unspecified atom stereocenters. The summed E-state index contributed by atoms with van der Waals surface area (Å²) >= 11 is 1.87. The topological polar surface area (TPSA) is 14.2 Å². The van der Waals surface area contributed by atoms with Crippen LogP contribution in [-0.2, 0) is 4.74 Å². The molecule has 2 heterocycles. The molecule has 0 saturated carbocycles. The predicted molar refractivity (Wildman–Crippen MR) is 71.7 cm³/mol. The molecule has 0 spiro atoms. The molecule has 88 valence electrons. The number of nitrogens with zero attached hydrogens (tertiary/aromatic N) is 1. The summed E-state index contributed by atoms with van der Waals surface area (Å²) in [6, 6.07) is 10.7. The van der Waals surface area contributed by atoms with Gasteiger partial charge in [0.25, 0.3) is 0 Å². The highest BCUT2D eigenvalue weighted by Crippen LogP contribution is 2.35. The summed E-state index contributed by atoms with van der Waals surface area (Å²) in [5.74, 6) is 1.10. The summed E-state index contributed by atoms with van der Waals surface area (Å²) in [7, 11) is 0. The van der Waals surface area contributed by atoms with Crippen LogP contribution in [0, 0.1) is 6.92 Å². The van der Waals surface area contributed by atoms with Crippen molar-refractivity contribution in [1.82, 2.24) is 4.57 Å². The van der Waals surface area contributed by atoms with Crippen LogP contribution in [0.4, 0.5) is 0 Å². The Morgan fingerprint density at radius 1 is 1.24 bits per heavy atom. The van der Waals surface area contributed by atoms with Crippen LogP contribution in [0.25, 0.3) is 5.69 Å². The third-order valence-corrected chi connectivity index (χ3v) is 4.06. The van der Waals surface area contributed by atoms with Crippen LogP contribution in [0.1, 0.15) is 16.6 Å². The maximum Gasteiger partial charge on any atom is 0.130 e. The van der Waals surface area contributed by atoms with Gasteiger partial charge in [-0.15, -0.1) is 11.8 Å². The first-order valence-electron chi connectivity index (χ1n) is 5.81. The van der Waals surface area contributed by atoms with Crippen LogP contribution in [0.5, 0.6) is 0 Å². The highest BCUT2D eigenvalue weighted by molar-refractivity contribution is 7.99. The zero-order chi connectivity index (χ0) is 11.7. The molecule has 17 heavy (non-hydrogen) atoms. The Labute approximate surface area is 106 Å². The summed E-state index contributed by atoms with van der Waals surface area (Å²) in [6.07, 6.45) is 4.26. The lowest BCUT2D eigenvalue weighted by Gasteiger charge is -2.06. The first-order chi connectivity index (χ1) is 8.33. The Morgan fingerprint density at radius 2 is 2.06 bits per heavy atom. The van der Waals surface area contributed by atoms with Gasteiger partial charge in [-0.3, -0.25) is 0 Å². The second kappa shape index (κ2) is 4.59. The van der Waals surface area contributed by atoms with Gasteiger partial charge < -0.3 is 9.30 Å². The molecular formula is C14H15NOS. The molecule has 0 radical (unpaired) electrons. The zero-order valence-electron chi connectivity index (χ0n) is 9.80. The van der Waals surface area contributed by atoms with E-state index in [1.54, 1.807) is 0 Å². The zero-order valence-corrected chi connectivity index (χ0v) is 10.6. The van der Waals surface area contributed by atoms with Gasteiger partial charge in [0.15, 0.2) is 0 Å². The minimum Gasteiger partial charge on any atom is -0.362 e. The van der Waals surface area contributed by atoms with Gasteiger partial charge in [0.1, 0.15) is 5.44 Å². The molecule has 2 aromatic rings. The molecule has 1 saturated heterocycles. The Balaban J connectivity index is 1.86. The summed E-state index contributed by atoms with van der Waals surface area (Å²) in [5, 5.41) is 0. The van der Waals surface area contributed by atoms with E-state index in [0.717, 1.165) is 12.4 Å². The van der Waals surface area contributed by atoms with Crippen LogP contribution in [0.15, 0.2) is 42.7 Å².